The van der Waals surface area contributed by atoms with Gasteiger partial charge in [-0.3, -0.25) is 9.69 Å². The maximum absolute atomic E-state index is 11.9. The molecule has 0 bridgehead atoms. The second kappa shape index (κ2) is 10.7. The zero-order chi connectivity index (χ0) is 25.1. The summed E-state index contributed by atoms with van der Waals surface area (Å²) in [6.07, 6.45) is 5.56. The predicted octanol–water partition coefficient (Wildman–Crippen LogP) is 5.57. The van der Waals surface area contributed by atoms with Gasteiger partial charge in [-0.15, -0.1) is 0 Å². The minimum atomic E-state index is -0.744. The fourth-order valence-electron chi connectivity index (χ4n) is 5.70. The van der Waals surface area contributed by atoms with Crippen molar-refractivity contribution in [3.05, 3.63) is 76.3 Å². The van der Waals surface area contributed by atoms with E-state index in [4.69, 9.17) is 14.5 Å². The number of benzene rings is 2. The second-order valence-electron chi connectivity index (χ2n) is 9.78. The van der Waals surface area contributed by atoms with Crippen LogP contribution in [-0.2, 0) is 30.8 Å². The molecule has 1 saturated heterocycles. The Morgan fingerprint density at radius 1 is 1.03 bits per heavy atom. The molecule has 0 saturated carbocycles. The predicted molar refractivity (Wildman–Crippen MR) is 139 cm³/mol. The molecule has 6 heteroatoms. The number of likely N-dealkylation sites (tertiary alicyclic amines) is 1. The van der Waals surface area contributed by atoms with Crippen molar-refractivity contribution in [1.29, 1.82) is 0 Å². The van der Waals surface area contributed by atoms with E-state index >= 15 is 0 Å². The number of hydrogen-bond acceptors (Lipinski definition) is 5. The minimum Gasteiger partial charge on any atom is -0.481 e. The maximum Gasteiger partial charge on any atom is 0.320 e. The number of piperidine rings is 1. The summed E-state index contributed by atoms with van der Waals surface area (Å²) >= 11 is 0. The van der Waals surface area contributed by atoms with E-state index in [2.05, 4.69) is 54.3 Å². The highest BCUT2D eigenvalue weighted by molar-refractivity contribution is 5.73. The van der Waals surface area contributed by atoms with Crippen LogP contribution in [0.4, 0.5) is 0 Å². The first kappa shape index (κ1) is 24.3. The van der Waals surface area contributed by atoms with Gasteiger partial charge in [0.1, 0.15) is 12.6 Å². The number of aliphatic carboxylic acids is 1. The molecule has 2 heterocycles. The van der Waals surface area contributed by atoms with Crippen molar-refractivity contribution in [3.63, 3.8) is 0 Å². The molecule has 5 rings (SSSR count). The Morgan fingerprint density at radius 2 is 1.83 bits per heavy atom. The molecule has 2 aliphatic rings. The Hall–Kier alpha value is -3.38. The summed E-state index contributed by atoms with van der Waals surface area (Å²) in [6.45, 7) is 3.90. The lowest BCUT2D eigenvalue weighted by atomic mass is 9.97. The minimum absolute atomic E-state index is 0.432. The van der Waals surface area contributed by atoms with Gasteiger partial charge in [-0.25, -0.2) is 0 Å². The van der Waals surface area contributed by atoms with Gasteiger partial charge >= 0.3 is 5.97 Å². The molecule has 188 valence electrons. The normalized spacial score (nSPS) is 17.6. The first-order valence-corrected chi connectivity index (χ1v) is 12.9. The van der Waals surface area contributed by atoms with E-state index in [1.807, 2.05) is 6.07 Å². The Labute approximate surface area is 212 Å². The number of carbonyl (C=O) groups is 1. The first-order valence-electron chi connectivity index (χ1n) is 12.9. The molecule has 0 amide bonds. The van der Waals surface area contributed by atoms with Gasteiger partial charge in [-0.05, 0) is 73.4 Å². The van der Waals surface area contributed by atoms with Crippen LogP contribution in [0.1, 0.15) is 53.5 Å². The summed E-state index contributed by atoms with van der Waals surface area (Å²) in [5.41, 5.74) is 8.12. The van der Waals surface area contributed by atoms with Gasteiger partial charge < -0.3 is 14.6 Å². The smallest absolute Gasteiger partial charge is 0.320 e. The van der Waals surface area contributed by atoms with Gasteiger partial charge in [-0.2, -0.15) is 4.98 Å². The Bertz CT molecular complexity index is 1240. The number of fused-ring (bicyclic) bond motifs is 1. The monoisotopic (exact) mass is 486 g/mol. The summed E-state index contributed by atoms with van der Waals surface area (Å²) in [5.74, 6) is 0.447. The third-order valence-electron chi connectivity index (χ3n) is 7.65. The average Bonchev–Trinajstić information content (AvgIpc) is 3.40. The van der Waals surface area contributed by atoms with Crippen LogP contribution < -0.4 is 9.47 Å². The molecule has 2 aromatic carbocycles. The molecule has 36 heavy (non-hydrogen) atoms. The van der Waals surface area contributed by atoms with Crippen molar-refractivity contribution in [2.24, 2.45) is 0 Å². The summed E-state index contributed by atoms with van der Waals surface area (Å²) in [5, 5.41) is 9.74. The number of ether oxygens (including phenoxy) is 2. The molecule has 1 fully saturated rings. The molecule has 1 aliphatic carbocycles. The number of aromatic nitrogens is 1. The van der Waals surface area contributed by atoms with Gasteiger partial charge in [0.05, 0.1) is 7.11 Å². The fraction of sp³-hybridized carbons (Fsp3) is 0.400. The summed E-state index contributed by atoms with van der Waals surface area (Å²) in [7, 11) is 1.63. The lowest BCUT2D eigenvalue weighted by molar-refractivity contribution is -0.144. The topological polar surface area (TPSA) is 71.9 Å². The number of carboxylic acid groups (broad SMARTS) is 1. The molecular weight excluding hydrogens is 452 g/mol. The van der Waals surface area contributed by atoms with Crippen LogP contribution in [0.15, 0.2) is 48.5 Å². The van der Waals surface area contributed by atoms with E-state index < -0.39 is 12.0 Å². The largest absolute Gasteiger partial charge is 0.481 e. The number of carboxylic acids is 1. The quantitative estimate of drug-likeness (QED) is 0.449. The lowest BCUT2D eigenvalue weighted by Crippen LogP contribution is -2.44. The summed E-state index contributed by atoms with van der Waals surface area (Å²) in [6, 6.07) is 16.3. The van der Waals surface area contributed by atoms with E-state index in [0.29, 0.717) is 31.3 Å². The number of nitrogens with zero attached hydrogens (tertiary/aromatic N) is 2. The number of pyridine rings is 1. The van der Waals surface area contributed by atoms with Gasteiger partial charge in [0.2, 0.25) is 11.8 Å². The van der Waals surface area contributed by atoms with E-state index in [9.17, 15) is 9.90 Å². The van der Waals surface area contributed by atoms with E-state index in [-0.39, 0.29) is 0 Å². The van der Waals surface area contributed by atoms with E-state index in [0.717, 1.165) is 55.3 Å². The Balaban J connectivity index is 1.41. The Morgan fingerprint density at radius 3 is 2.61 bits per heavy atom. The molecular formula is C30H34N2O4. The highest BCUT2D eigenvalue weighted by Crippen LogP contribution is 2.38. The number of hydrogen-bond donors (Lipinski definition) is 1. The van der Waals surface area contributed by atoms with E-state index in [1.54, 1.807) is 7.11 Å². The van der Waals surface area contributed by atoms with Gasteiger partial charge in [0, 0.05) is 17.7 Å². The van der Waals surface area contributed by atoms with Gasteiger partial charge in [-0.1, -0.05) is 55.0 Å². The van der Waals surface area contributed by atoms with Crippen molar-refractivity contribution in [2.75, 3.05) is 13.7 Å². The standard InChI is InChI=1S/C30H34N2O4/c1-20-22(12-8-13-23(20)21-10-4-3-5-11-21)19-36-29-25-15-9-14-24(25)26(28(31-29)35-2)18-32-17-7-6-16-27(32)30(33)34/h3-5,8,10-13,27H,6-7,9,14-19H2,1-2H3,(H,33,34). The van der Waals surface area contributed by atoms with Crippen LogP contribution in [0.25, 0.3) is 11.1 Å². The molecule has 1 atom stereocenters. The molecule has 0 spiro atoms. The molecule has 1 aromatic heterocycles. The second-order valence-corrected chi connectivity index (χ2v) is 9.78. The van der Waals surface area contributed by atoms with Crippen LogP contribution in [-0.4, -0.2) is 40.7 Å². The highest BCUT2D eigenvalue weighted by atomic mass is 16.5. The maximum atomic E-state index is 11.9. The van der Waals surface area contributed by atoms with Crippen molar-refractivity contribution >= 4 is 5.97 Å². The van der Waals surface area contributed by atoms with Crippen LogP contribution in [0.5, 0.6) is 11.8 Å². The molecule has 6 nitrogen and oxygen atoms in total. The van der Waals surface area contributed by atoms with Crippen LogP contribution >= 0.6 is 0 Å². The number of rotatable bonds is 8. The molecule has 1 unspecified atom stereocenters. The zero-order valence-electron chi connectivity index (χ0n) is 21.1. The van der Waals surface area contributed by atoms with Crippen molar-refractivity contribution in [2.45, 2.75) is 64.6 Å². The van der Waals surface area contributed by atoms with Crippen molar-refractivity contribution in [1.82, 2.24) is 9.88 Å². The molecule has 1 N–H and O–H groups in total. The molecule has 0 radical (unpaired) electrons. The third-order valence-corrected chi connectivity index (χ3v) is 7.65. The first-order chi connectivity index (χ1) is 17.6. The zero-order valence-corrected chi connectivity index (χ0v) is 21.1. The highest BCUT2D eigenvalue weighted by Gasteiger charge is 2.32. The SMILES string of the molecule is COc1nc(OCc2cccc(-c3ccccc3)c2C)c2c(c1CN1CCCCC1C(=O)O)CCC2. The van der Waals surface area contributed by atoms with Crippen LogP contribution in [0, 0.1) is 6.92 Å². The lowest BCUT2D eigenvalue weighted by Gasteiger charge is -2.33. The molecule has 3 aromatic rings. The van der Waals surface area contributed by atoms with Crippen molar-refractivity contribution in [3.8, 4) is 22.9 Å². The van der Waals surface area contributed by atoms with Gasteiger partial charge in [0.15, 0.2) is 0 Å². The van der Waals surface area contributed by atoms with Crippen LogP contribution in [0.2, 0.25) is 0 Å². The van der Waals surface area contributed by atoms with Crippen molar-refractivity contribution < 1.29 is 19.4 Å². The fourth-order valence-corrected chi connectivity index (χ4v) is 5.70. The summed E-state index contributed by atoms with van der Waals surface area (Å²) in [4.78, 5) is 18.7. The third kappa shape index (κ3) is 4.82. The van der Waals surface area contributed by atoms with Crippen LogP contribution in [0.3, 0.4) is 0 Å². The number of methoxy groups -OCH3 is 1. The Kier molecular flexibility index (Phi) is 7.23. The van der Waals surface area contributed by atoms with Gasteiger partial charge in [0.25, 0.3) is 0 Å². The van der Waals surface area contributed by atoms with E-state index in [1.165, 1.54) is 22.3 Å². The summed E-state index contributed by atoms with van der Waals surface area (Å²) < 4.78 is 12.1. The molecule has 1 aliphatic heterocycles. The average molecular weight is 487 g/mol.